The first-order chi connectivity index (χ1) is 9.84. The molecule has 0 heterocycles. The van der Waals surface area contributed by atoms with Crippen molar-refractivity contribution in [3.8, 4) is 0 Å². The Bertz CT molecular complexity index is 489. The van der Waals surface area contributed by atoms with E-state index < -0.39 is 26.8 Å². The van der Waals surface area contributed by atoms with E-state index in [-0.39, 0.29) is 6.61 Å². The summed E-state index contributed by atoms with van der Waals surface area (Å²) in [5.74, 6) is 0.791. The summed E-state index contributed by atoms with van der Waals surface area (Å²) in [6, 6.07) is 0. The zero-order valence-corrected chi connectivity index (χ0v) is 13.3. The zero-order valence-electron chi connectivity index (χ0n) is 12.5. The van der Waals surface area contributed by atoms with E-state index in [2.05, 4.69) is 0 Å². The van der Waals surface area contributed by atoms with Crippen LogP contribution in [0, 0.1) is 23.2 Å². The van der Waals surface area contributed by atoms with Gasteiger partial charge in [-0.1, -0.05) is 6.92 Å². The van der Waals surface area contributed by atoms with Gasteiger partial charge in [0.25, 0.3) is 10.1 Å². The van der Waals surface area contributed by atoms with Crippen LogP contribution in [0.25, 0.3) is 0 Å². The van der Waals surface area contributed by atoms with Crippen molar-refractivity contribution in [2.75, 3.05) is 6.61 Å². The molecule has 4 saturated carbocycles. The summed E-state index contributed by atoms with van der Waals surface area (Å²) in [4.78, 5) is 12.3. The highest BCUT2D eigenvalue weighted by Crippen LogP contribution is 2.62. The second-order valence-electron chi connectivity index (χ2n) is 7.34. The Hall–Kier alpha value is -0.620. The lowest BCUT2D eigenvalue weighted by Crippen LogP contribution is -2.56. The minimum atomic E-state index is -4.43. The number of carbonyl (C=O) groups is 1. The maximum absolute atomic E-state index is 12.3. The van der Waals surface area contributed by atoms with Gasteiger partial charge in [-0.2, -0.15) is 8.42 Å². The molecule has 6 heteroatoms. The van der Waals surface area contributed by atoms with Crippen LogP contribution in [0.1, 0.15) is 51.9 Å². The van der Waals surface area contributed by atoms with Crippen LogP contribution in [0.15, 0.2) is 0 Å². The molecule has 0 spiro atoms. The van der Waals surface area contributed by atoms with Gasteiger partial charge in [0.2, 0.25) is 0 Å². The predicted molar refractivity (Wildman–Crippen MR) is 77.2 cm³/mol. The molecule has 1 unspecified atom stereocenters. The fourth-order valence-corrected chi connectivity index (χ4v) is 6.70. The Morgan fingerprint density at radius 2 is 1.67 bits per heavy atom. The molecule has 5 nitrogen and oxygen atoms in total. The molecule has 0 aromatic heterocycles. The van der Waals surface area contributed by atoms with Gasteiger partial charge in [0.05, 0.1) is 6.61 Å². The van der Waals surface area contributed by atoms with Crippen LogP contribution >= 0.6 is 0 Å². The quantitative estimate of drug-likeness (QED) is 0.622. The van der Waals surface area contributed by atoms with Crippen LogP contribution < -0.4 is 0 Å². The van der Waals surface area contributed by atoms with E-state index in [9.17, 15) is 17.8 Å². The SMILES string of the molecule is CCCOC(=O)C(C12CC3CC(CC(C3)C1)C2)S(=O)(=O)O. The Labute approximate surface area is 126 Å². The molecule has 4 bridgehead atoms. The number of ether oxygens (including phenoxy) is 1. The monoisotopic (exact) mass is 316 g/mol. The van der Waals surface area contributed by atoms with Crippen molar-refractivity contribution >= 4 is 16.1 Å². The molecule has 0 aromatic carbocycles. The van der Waals surface area contributed by atoms with Crippen molar-refractivity contribution in [3.63, 3.8) is 0 Å². The van der Waals surface area contributed by atoms with E-state index >= 15 is 0 Å². The summed E-state index contributed by atoms with van der Waals surface area (Å²) >= 11 is 0. The summed E-state index contributed by atoms with van der Waals surface area (Å²) in [6.45, 7) is 2.07. The van der Waals surface area contributed by atoms with Crippen LogP contribution in [0.3, 0.4) is 0 Å². The van der Waals surface area contributed by atoms with Gasteiger partial charge in [-0.3, -0.25) is 9.35 Å². The van der Waals surface area contributed by atoms with Crippen molar-refractivity contribution in [2.45, 2.75) is 57.1 Å². The lowest BCUT2D eigenvalue weighted by molar-refractivity contribution is -0.151. The molecular formula is C15H24O5S. The van der Waals surface area contributed by atoms with Gasteiger partial charge in [-0.15, -0.1) is 0 Å². The van der Waals surface area contributed by atoms with Gasteiger partial charge >= 0.3 is 5.97 Å². The Morgan fingerprint density at radius 3 is 2.05 bits per heavy atom. The van der Waals surface area contributed by atoms with E-state index in [4.69, 9.17) is 4.74 Å². The third kappa shape index (κ3) is 2.72. The Kier molecular flexibility index (Phi) is 3.81. The van der Waals surface area contributed by atoms with Gasteiger partial charge in [0.1, 0.15) is 0 Å². The molecule has 21 heavy (non-hydrogen) atoms. The molecule has 4 fully saturated rings. The number of esters is 1. The lowest BCUT2D eigenvalue weighted by Gasteiger charge is -2.57. The van der Waals surface area contributed by atoms with Gasteiger partial charge in [0.15, 0.2) is 5.25 Å². The second-order valence-corrected chi connectivity index (χ2v) is 8.84. The summed E-state index contributed by atoms with van der Waals surface area (Å²) in [6.07, 6.45) is 6.33. The maximum atomic E-state index is 12.3. The van der Waals surface area contributed by atoms with Crippen molar-refractivity contribution in [2.24, 2.45) is 23.2 Å². The highest BCUT2D eigenvalue weighted by molar-refractivity contribution is 7.87. The lowest BCUT2D eigenvalue weighted by atomic mass is 9.48. The molecule has 0 aliphatic heterocycles. The van der Waals surface area contributed by atoms with Gasteiger partial charge in [-0.05, 0) is 62.7 Å². The van der Waals surface area contributed by atoms with Gasteiger partial charge < -0.3 is 4.74 Å². The first-order valence-electron chi connectivity index (χ1n) is 7.97. The average molecular weight is 316 g/mol. The zero-order chi connectivity index (χ0) is 15.3. The fraction of sp³-hybridized carbons (Fsp3) is 0.933. The third-order valence-corrected chi connectivity index (χ3v) is 6.89. The van der Waals surface area contributed by atoms with E-state index in [0.29, 0.717) is 24.2 Å². The first-order valence-corrected chi connectivity index (χ1v) is 9.47. The fourth-order valence-electron chi connectivity index (χ4n) is 5.46. The maximum Gasteiger partial charge on any atom is 0.327 e. The molecule has 1 atom stereocenters. The van der Waals surface area contributed by atoms with Crippen molar-refractivity contribution in [3.05, 3.63) is 0 Å². The van der Waals surface area contributed by atoms with E-state index in [1.165, 1.54) is 0 Å². The van der Waals surface area contributed by atoms with Crippen LogP contribution in [-0.2, 0) is 19.6 Å². The minimum absolute atomic E-state index is 0.206. The van der Waals surface area contributed by atoms with Crippen molar-refractivity contribution in [1.82, 2.24) is 0 Å². The first kappa shape index (κ1) is 15.3. The standard InChI is InChI=1S/C15H24O5S/c1-2-3-20-14(16)13(21(17,18)19)15-7-10-4-11(8-15)6-12(5-10)9-15/h10-13H,2-9H2,1H3,(H,17,18,19). The Balaban J connectivity index is 1.91. The smallest absolute Gasteiger partial charge is 0.327 e. The molecule has 120 valence electrons. The molecule has 4 aliphatic rings. The highest BCUT2D eigenvalue weighted by atomic mass is 32.2. The Morgan fingerprint density at radius 1 is 1.19 bits per heavy atom. The number of hydrogen-bond donors (Lipinski definition) is 1. The molecule has 4 aliphatic carbocycles. The molecule has 0 amide bonds. The predicted octanol–water partition coefficient (Wildman–Crippen LogP) is 2.41. The van der Waals surface area contributed by atoms with Crippen LogP contribution in [0.2, 0.25) is 0 Å². The summed E-state index contributed by atoms with van der Waals surface area (Å²) in [7, 11) is -4.43. The molecular weight excluding hydrogens is 292 g/mol. The molecule has 0 aromatic rings. The summed E-state index contributed by atoms with van der Waals surface area (Å²) < 4.78 is 38.6. The van der Waals surface area contributed by atoms with Crippen LogP contribution in [0.5, 0.6) is 0 Å². The number of rotatable bonds is 5. The normalized spacial score (nSPS) is 39.2. The average Bonchev–Trinajstić information content (AvgIpc) is 2.32. The minimum Gasteiger partial charge on any atom is -0.465 e. The van der Waals surface area contributed by atoms with E-state index in [1.54, 1.807) is 0 Å². The van der Waals surface area contributed by atoms with Gasteiger partial charge in [0, 0.05) is 5.41 Å². The number of hydrogen-bond acceptors (Lipinski definition) is 4. The van der Waals surface area contributed by atoms with Crippen LogP contribution in [-0.4, -0.2) is 30.8 Å². The topological polar surface area (TPSA) is 80.7 Å². The van der Waals surface area contributed by atoms with Gasteiger partial charge in [-0.25, -0.2) is 0 Å². The van der Waals surface area contributed by atoms with E-state index in [0.717, 1.165) is 38.5 Å². The second kappa shape index (κ2) is 5.23. The van der Waals surface area contributed by atoms with Crippen molar-refractivity contribution < 1.29 is 22.5 Å². The molecule has 1 N–H and O–H groups in total. The highest BCUT2D eigenvalue weighted by Gasteiger charge is 2.60. The van der Waals surface area contributed by atoms with Crippen molar-refractivity contribution in [1.29, 1.82) is 0 Å². The largest absolute Gasteiger partial charge is 0.465 e. The van der Waals surface area contributed by atoms with E-state index in [1.807, 2.05) is 6.92 Å². The molecule has 0 saturated heterocycles. The van der Waals surface area contributed by atoms with Crippen LogP contribution in [0.4, 0.5) is 0 Å². The molecule has 0 radical (unpaired) electrons. The summed E-state index contributed by atoms with van der Waals surface area (Å²) in [5.41, 5.74) is -0.590. The summed E-state index contributed by atoms with van der Waals surface area (Å²) in [5, 5.41) is -1.38. The number of carbonyl (C=O) groups excluding carboxylic acids is 1. The third-order valence-electron chi connectivity index (χ3n) is 5.60. The molecule has 4 rings (SSSR count).